The lowest BCUT2D eigenvalue weighted by molar-refractivity contribution is -0.135. The van der Waals surface area contributed by atoms with E-state index in [1.165, 1.54) is 19.3 Å². The molecule has 0 aromatic rings. The van der Waals surface area contributed by atoms with Crippen molar-refractivity contribution in [2.24, 2.45) is 11.3 Å². The standard InChI is InChI=1S/C14H25N3O/c18-13(17-12-4-7-15-8-5-12)14-6-2-1-3-11(14)9-16-10-14/h11-12,15-16H,1-10H2,(H,17,18)/t11-,14+/m0/s1. The highest BCUT2D eigenvalue weighted by molar-refractivity contribution is 5.84. The zero-order chi connectivity index (χ0) is 12.4. The van der Waals surface area contributed by atoms with Crippen LogP contribution in [0.2, 0.25) is 0 Å². The highest BCUT2D eigenvalue weighted by atomic mass is 16.2. The number of hydrogen-bond donors (Lipinski definition) is 3. The lowest BCUT2D eigenvalue weighted by Gasteiger charge is -2.38. The second-order valence-electron chi connectivity index (χ2n) is 6.23. The number of hydrogen-bond acceptors (Lipinski definition) is 3. The lowest BCUT2D eigenvalue weighted by Crippen LogP contribution is -2.52. The maximum absolute atomic E-state index is 12.7. The summed E-state index contributed by atoms with van der Waals surface area (Å²) in [4.78, 5) is 12.7. The highest BCUT2D eigenvalue weighted by Gasteiger charge is 2.50. The molecule has 2 atom stereocenters. The Labute approximate surface area is 109 Å². The van der Waals surface area contributed by atoms with Crippen LogP contribution in [0.1, 0.15) is 38.5 Å². The third kappa shape index (κ3) is 2.16. The smallest absolute Gasteiger partial charge is 0.228 e. The molecule has 2 aliphatic heterocycles. The SMILES string of the molecule is O=C(NC1CCNCC1)[C@@]12CCCC[C@H]1CNC2. The Morgan fingerprint density at radius 3 is 2.78 bits per heavy atom. The van der Waals surface area contributed by atoms with Gasteiger partial charge in [-0.1, -0.05) is 12.8 Å². The number of rotatable bonds is 2. The molecule has 4 nitrogen and oxygen atoms in total. The minimum Gasteiger partial charge on any atom is -0.353 e. The van der Waals surface area contributed by atoms with Crippen molar-refractivity contribution in [3.8, 4) is 0 Å². The summed E-state index contributed by atoms with van der Waals surface area (Å²) in [7, 11) is 0. The van der Waals surface area contributed by atoms with Gasteiger partial charge >= 0.3 is 0 Å². The van der Waals surface area contributed by atoms with Gasteiger partial charge in [0.25, 0.3) is 0 Å². The molecule has 0 spiro atoms. The number of carbonyl (C=O) groups excluding carboxylic acids is 1. The summed E-state index contributed by atoms with van der Waals surface area (Å²) in [6.45, 7) is 4.02. The van der Waals surface area contributed by atoms with Crippen molar-refractivity contribution in [2.45, 2.75) is 44.6 Å². The Hall–Kier alpha value is -0.610. The zero-order valence-electron chi connectivity index (χ0n) is 11.1. The third-order valence-electron chi connectivity index (χ3n) is 5.16. The van der Waals surface area contributed by atoms with Crippen molar-refractivity contribution in [1.82, 2.24) is 16.0 Å². The molecular formula is C14H25N3O. The van der Waals surface area contributed by atoms with Crippen molar-refractivity contribution in [3.05, 3.63) is 0 Å². The molecule has 3 rings (SSSR count). The first-order chi connectivity index (χ1) is 8.81. The zero-order valence-corrected chi connectivity index (χ0v) is 11.1. The predicted octanol–water partition coefficient (Wildman–Crippen LogP) is 0.634. The fraction of sp³-hybridized carbons (Fsp3) is 0.929. The van der Waals surface area contributed by atoms with Crippen LogP contribution >= 0.6 is 0 Å². The molecule has 0 unspecified atom stereocenters. The van der Waals surface area contributed by atoms with E-state index >= 15 is 0 Å². The van der Waals surface area contributed by atoms with Gasteiger partial charge in [-0.25, -0.2) is 0 Å². The van der Waals surface area contributed by atoms with Gasteiger partial charge in [0, 0.05) is 12.6 Å². The second-order valence-corrected chi connectivity index (χ2v) is 6.23. The van der Waals surface area contributed by atoms with E-state index < -0.39 is 0 Å². The van der Waals surface area contributed by atoms with Gasteiger partial charge in [-0.2, -0.15) is 0 Å². The van der Waals surface area contributed by atoms with Crippen molar-refractivity contribution >= 4 is 5.91 Å². The summed E-state index contributed by atoms with van der Waals surface area (Å²) in [5.41, 5.74) is -0.0802. The summed E-state index contributed by atoms with van der Waals surface area (Å²) in [5, 5.41) is 10.1. The van der Waals surface area contributed by atoms with E-state index in [2.05, 4.69) is 16.0 Å². The molecule has 2 saturated heterocycles. The quantitative estimate of drug-likeness (QED) is 0.675. The lowest BCUT2D eigenvalue weighted by atomic mass is 9.67. The monoisotopic (exact) mass is 251 g/mol. The summed E-state index contributed by atoms with van der Waals surface area (Å²) < 4.78 is 0. The molecule has 3 aliphatic rings. The second kappa shape index (κ2) is 5.17. The van der Waals surface area contributed by atoms with Crippen LogP contribution in [0.5, 0.6) is 0 Å². The van der Waals surface area contributed by atoms with Crippen LogP contribution in [0, 0.1) is 11.3 Å². The molecule has 3 N–H and O–H groups in total. The number of amides is 1. The van der Waals surface area contributed by atoms with Crippen LogP contribution in [0.15, 0.2) is 0 Å². The molecular weight excluding hydrogens is 226 g/mol. The maximum Gasteiger partial charge on any atom is 0.228 e. The molecule has 3 fully saturated rings. The van der Waals surface area contributed by atoms with Crippen molar-refractivity contribution in [1.29, 1.82) is 0 Å². The van der Waals surface area contributed by atoms with Crippen molar-refractivity contribution in [3.63, 3.8) is 0 Å². The van der Waals surface area contributed by atoms with E-state index in [1.54, 1.807) is 0 Å². The van der Waals surface area contributed by atoms with Crippen LogP contribution in [0.4, 0.5) is 0 Å². The minimum absolute atomic E-state index is 0.0802. The first kappa shape index (κ1) is 12.4. The highest BCUT2D eigenvalue weighted by Crippen LogP contribution is 2.44. The minimum atomic E-state index is -0.0802. The molecule has 0 aromatic carbocycles. The van der Waals surface area contributed by atoms with Gasteiger partial charge in [0.15, 0.2) is 0 Å². The number of carbonyl (C=O) groups is 1. The number of fused-ring (bicyclic) bond motifs is 1. The average Bonchev–Trinajstić information content (AvgIpc) is 2.85. The summed E-state index contributed by atoms with van der Waals surface area (Å²) >= 11 is 0. The normalized spacial score (nSPS) is 37.2. The van der Waals surface area contributed by atoms with E-state index in [9.17, 15) is 4.79 Å². The Morgan fingerprint density at radius 2 is 1.94 bits per heavy atom. The molecule has 0 aromatic heterocycles. The Kier molecular flexibility index (Phi) is 3.57. The maximum atomic E-state index is 12.7. The Morgan fingerprint density at radius 1 is 1.11 bits per heavy atom. The van der Waals surface area contributed by atoms with Gasteiger partial charge in [-0.15, -0.1) is 0 Å². The van der Waals surface area contributed by atoms with E-state index in [0.29, 0.717) is 17.9 Å². The third-order valence-corrected chi connectivity index (χ3v) is 5.16. The van der Waals surface area contributed by atoms with Gasteiger partial charge < -0.3 is 16.0 Å². The molecule has 1 amide bonds. The van der Waals surface area contributed by atoms with E-state index in [4.69, 9.17) is 0 Å². The molecule has 1 saturated carbocycles. The molecule has 102 valence electrons. The first-order valence-electron chi connectivity index (χ1n) is 7.54. The van der Waals surface area contributed by atoms with E-state index in [-0.39, 0.29) is 5.41 Å². The van der Waals surface area contributed by atoms with Gasteiger partial charge in [0.1, 0.15) is 0 Å². The summed E-state index contributed by atoms with van der Waals surface area (Å²) in [5.74, 6) is 0.914. The van der Waals surface area contributed by atoms with Crippen LogP contribution in [0.3, 0.4) is 0 Å². The van der Waals surface area contributed by atoms with Crippen molar-refractivity contribution in [2.75, 3.05) is 26.2 Å². The Bertz CT molecular complexity index is 314. The largest absolute Gasteiger partial charge is 0.353 e. The van der Waals surface area contributed by atoms with E-state index in [0.717, 1.165) is 45.4 Å². The fourth-order valence-electron chi connectivity index (χ4n) is 3.99. The van der Waals surface area contributed by atoms with Gasteiger partial charge in [-0.05, 0) is 51.2 Å². The topological polar surface area (TPSA) is 53.2 Å². The van der Waals surface area contributed by atoms with E-state index in [1.807, 2.05) is 0 Å². The summed E-state index contributed by atoms with van der Waals surface area (Å²) in [6, 6.07) is 0.399. The molecule has 0 bridgehead atoms. The predicted molar refractivity (Wildman–Crippen MR) is 71.3 cm³/mol. The molecule has 2 heterocycles. The molecule has 18 heavy (non-hydrogen) atoms. The van der Waals surface area contributed by atoms with Crippen LogP contribution in [-0.4, -0.2) is 38.1 Å². The van der Waals surface area contributed by atoms with Crippen LogP contribution in [-0.2, 0) is 4.79 Å². The first-order valence-corrected chi connectivity index (χ1v) is 7.54. The fourth-order valence-corrected chi connectivity index (χ4v) is 3.99. The van der Waals surface area contributed by atoms with Crippen LogP contribution < -0.4 is 16.0 Å². The average molecular weight is 251 g/mol. The Balaban J connectivity index is 1.66. The van der Waals surface area contributed by atoms with Gasteiger partial charge in [0.2, 0.25) is 5.91 Å². The van der Waals surface area contributed by atoms with Crippen LogP contribution in [0.25, 0.3) is 0 Å². The molecule has 0 radical (unpaired) electrons. The van der Waals surface area contributed by atoms with Crippen molar-refractivity contribution < 1.29 is 4.79 Å². The van der Waals surface area contributed by atoms with Gasteiger partial charge in [0.05, 0.1) is 5.41 Å². The van der Waals surface area contributed by atoms with Gasteiger partial charge in [-0.3, -0.25) is 4.79 Å². The number of piperidine rings is 1. The number of nitrogens with one attached hydrogen (secondary N) is 3. The molecule has 4 heteroatoms. The summed E-state index contributed by atoms with van der Waals surface area (Å²) in [6.07, 6.45) is 7.00. The molecule has 1 aliphatic carbocycles.